The third-order valence-electron chi connectivity index (χ3n) is 7.16. The topological polar surface area (TPSA) is 66.2 Å². The van der Waals surface area contributed by atoms with Crippen molar-refractivity contribution in [3.63, 3.8) is 0 Å². The van der Waals surface area contributed by atoms with Gasteiger partial charge in [-0.15, -0.1) is 0 Å². The molecule has 1 fully saturated rings. The van der Waals surface area contributed by atoms with Crippen LogP contribution in [0.15, 0.2) is 48.5 Å². The summed E-state index contributed by atoms with van der Waals surface area (Å²) in [7, 11) is 0. The maximum absolute atomic E-state index is 14.2. The van der Waals surface area contributed by atoms with E-state index in [0.29, 0.717) is 24.5 Å². The van der Waals surface area contributed by atoms with E-state index in [0.717, 1.165) is 17.2 Å². The van der Waals surface area contributed by atoms with Crippen molar-refractivity contribution in [2.45, 2.75) is 31.8 Å². The Hall–Kier alpha value is -4.11. The Morgan fingerprint density at radius 2 is 1.85 bits per heavy atom. The molecule has 1 aromatic heterocycles. The number of alkyl halides is 3. The van der Waals surface area contributed by atoms with Gasteiger partial charge in [0.15, 0.2) is 0 Å². The van der Waals surface area contributed by atoms with Gasteiger partial charge in [0.2, 0.25) is 11.8 Å². The van der Waals surface area contributed by atoms with Crippen molar-refractivity contribution in [3.05, 3.63) is 93.4 Å². The molecule has 0 radical (unpaired) electrons. The minimum Gasteiger partial charge on any atom is -0.445 e. The first-order valence-corrected chi connectivity index (χ1v) is 13.2. The van der Waals surface area contributed by atoms with E-state index in [1.165, 1.54) is 21.9 Å². The van der Waals surface area contributed by atoms with Crippen molar-refractivity contribution < 1.29 is 27.1 Å². The van der Waals surface area contributed by atoms with Gasteiger partial charge >= 0.3 is 12.3 Å². The predicted octanol–water partition coefficient (Wildman–Crippen LogP) is 5.60. The number of hydrogen-bond donors (Lipinski definition) is 0. The van der Waals surface area contributed by atoms with Crippen LogP contribution in [0.4, 0.5) is 33.9 Å². The summed E-state index contributed by atoms with van der Waals surface area (Å²) in [4.78, 5) is 30.0. The number of carbonyl (C=O) groups excluding carboxylic acids is 1. The largest absolute Gasteiger partial charge is 0.445 e. The Kier molecular flexibility index (Phi) is 8.17. The van der Waals surface area contributed by atoms with E-state index < -0.39 is 29.7 Å². The van der Waals surface area contributed by atoms with E-state index in [1.807, 2.05) is 35.2 Å². The monoisotopic (exact) mass is 588 g/mol. The number of nitrogens with zero attached hydrogens (tertiary/aromatic N) is 6. The summed E-state index contributed by atoms with van der Waals surface area (Å²) in [6.07, 6.45) is -5.09. The summed E-state index contributed by atoms with van der Waals surface area (Å²) in [6.45, 7) is 8.66. The smallest absolute Gasteiger partial charge is 0.421 e. The molecule has 5 rings (SSSR count). The molecule has 0 aliphatic carbocycles. The molecule has 0 saturated carbocycles. The summed E-state index contributed by atoms with van der Waals surface area (Å²) < 4.78 is 60.8. The van der Waals surface area contributed by atoms with Crippen LogP contribution < -0.4 is 9.80 Å². The number of rotatable bonds is 5. The van der Waals surface area contributed by atoms with Gasteiger partial charge in [-0.1, -0.05) is 36.4 Å². The van der Waals surface area contributed by atoms with Crippen LogP contribution in [-0.2, 0) is 30.5 Å². The van der Waals surface area contributed by atoms with Gasteiger partial charge in [-0.05, 0) is 35.7 Å². The standard InChI is InChI=1S/C28H25ClF4N6O2/c1-34-14-19-15-38(12-13-39(19)27(40)41-17-18-6-3-2-4-7-18)25-20-10-11-37(16-22(20)35-26(29)36-25)23-9-5-8-21(30)24(23)28(31,32)33/h2-9,19H,10-17H2. The quantitative estimate of drug-likeness (QED) is 0.220. The molecule has 41 heavy (non-hydrogen) atoms. The van der Waals surface area contributed by atoms with Gasteiger partial charge in [0, 0.05) is 31.7 Å². The lowest BCUT2D eigenvalue weighted by Crippen LogP contribution is -2.57. The highest BCUT2D eigenvalue weighted by atomic mass is 35.5. The summed E-state index contributed by atoms with van der Waals surface area (Å²) in [6, 6.07) is 12.1. The number of benzene rings is 2. The van der Waals surface area contributed by atoms with E-state index in [2.05, 4.69) is 14.8 Å². The summed E-state index contributed by atoms with van der Waals surface area (Å²) >= 11 is 6.26. The average Bonchev–Trinajstić information content (AvgIpc) is 2.95. The highest BCUT2D eigenvalue weighted by molar-refractivity contribution is 6.28. The molecular formula is C28H25ClF4N6O2. The van der Waals surface area contributed by atoms with Gasteiger partial charge in [0.25, 0.3) is 0 Å². The first-order chi connectivity index (χ1) is 19.7. The highest BCUT2D eigenvalue weighted by Gasteiger charge is 2.40. The zero-order valence-corrected chi connectivity index (χ0v) is 22.5. The van der Waals surface area contributed by atoms with Crippen LogP contribution in [0.25, 0.3) is 4.85 Å². The fourth-order valence-corrected chi connectivity index (χ4v) is 5.44. The van der Waals surface area contributed by atoms with Crippen LogP contribution in [0.3, 0.4) is 0 Å². The maximum Gasteiger partial charge on any atom is 0.421 e. The number of amides is 1. The number of carbonyl (C=O) groups is 1. The Labute approximate surface area is 238 Å². The molecule has 0 N–H and O–H groups in total. The predicted molar refractivity (Wildman–Crippen MR) is 144 cm³/mol. The first kappa shape index (κ1) is 28.4. The molecule has 3 aromatic rings. The van der Waals surface area contributed by atoms with Crippen LogP contribution in [-0.4, -0.2) is 59.7 Å². The number of aromatic nitrogens is 2. The highest BCUT2D eigenvalue weighted by Crippen LogP contribution is 2.40. The van der Waals surface area contributed by atoms with Gasteiger partial charge < -0.3 is 19.4 Å². The van der Waals surface area contributed by atoms with Crippen molar-refractivity contribution in [1.82, 2.24) is 14.9 Å². The van der Waals surface area contributed by atoms with Crippen molar-refractivity contribution in [3.8, 4) is 0 Å². The van der Waals surface area contributed by atoms with Crippen LogP contribution in [0.5, 0.6) is 0 Å². The van der Waals surface area contributed by atoms with Gasteiger partial charge in [-0.2, -0.15) is 13.2 Å². The molecule has 0 bridgehead atoms. The summed E-state index contributed by atoms with van der Waals surface area (Å²) in [5.41, 5.74) is 0.422. The lowest BCUT2D eigenvalue weighted by molar-refractivity contribution is -0.139. The molecule has 2 aliphatic heterocycles. The summed E-state index contributed by atoms with van der Waals surface area (Å²) in [5.74, 6) is -0.824. The molecule has 3 heterocycles. The Morgan fingerprint density at radius 1 is 1.07 bits per heavy atom. The lowest BCUT2D eigenvalue weighted by atomic mass is 10.0. The molecule has 1 unspecified atom stereocenters. The third kappa shape index (κ3) is 6.15. The van der Waals surface area contributed by atoms with E-state index in [4.69, 9.17) is 22.9 Å². The second kappa shape index (κ2) is 11.8. The van der Waals surface area contributed by atoms with Crippen LogP contribution in [0.1, 0.15) is 22.4 Å². The minimum atomic E-state index is -4.87. The number of ether oxygens (including phenoxy) is 1. The minimum absolute atomic E-state index is 0.0195. The van der Waals surface area contributed by atoms with E-state index >= 15 is 0 Å². The van der Waals surface area contributed by atoms with Gasteiger partial charge in [0.05, 0.1) is 17.9 Å². The molecule has 13 heteroatoms. The maximum atomic E-state index is 14.2. The van der Waals surface area contributed by atoms with Crippen molar-refractivity contribution in [2.24, 2.45) is 0 Å². The van der Waals surface area contributed by atoms with E-state index in [-0.39, 0.29) is 50.3 Å². The average molecular weight is 589 g/mol. The molecule has 214 valence electrons. The first-order valence-electron chi connectivity index (χ1n) is 12.9. The second-order valence-electron chi connectivity index (χ2n) is 9.72. The zero-order valence-electron chi connectivity index (χ0n) is 21.7. The summed E-state index contributed by atoms with van der Waals surface area (Å²) in [5, 5.41) is -0.0812. The number of fused-ring (bicyclic) bond motifs is 1. The number of hydrogen-bond acceptors (Lipinski definition) is 6. The molecular weight excluding hydrogens is 564 g/mol. The third-order valence-corrected chi connectivity index (χ3v) is 7.32. The number of halogens is 5. The van der Waals surface area contributed by atoms with E-state index in [1.54, 1.807) is 0 Å². The molecule has 1 atom stereocenters. The second-order valence-corrected chi connectivity index (χ2v) is 10.1. The van der Waals surface area contributed by atoms with Crippen LogP contribution in [0, 0.1) is 12.4 Å². The van der Waals surface area contributed by atoms with Crippen molar-refractivity contribution in [2.75, 3.05) is 42.5 Å². The molecule has 2 aliphatic rings. The molecule has 8 nitrogen and oxygen atoms in total. The van der Waals surface area contributed by atoms with Gasteiger partial charge in [-0.3, -0.25) is 4.90 Å². The normalized spacial score (nSPS) is 17.2. The molecule has 2 aromatic carbocycles. The molecule has 0 spiro atoms. The van der Waals surface area contributed by atoms with Crippen molar-refractivity contribution >= 4 is 29.2 Å². The lowest BCUT2D eigenvalue weighted by Gasteiger charge is -2.40. The van der Waals surface area contributed by atoms with Crippen molar-refractivity contribution in [1.29, 1.82) is 0 Å². The van der Waals surface area contributed by atoms with Gasteiger partial charge in [-0.25, -0.2) is 25.7 Å². The Balaban J connectivity index is 1.35. The SMILES string of the molecule is [C-]#[N+]CC1CN(c2nc(Cl)nc3c2CCN(c2cccc(F)c2C(F)(F)F)C3)CCN1C(=O)OCc1ccccc1. The van der Waals surface area contributed by atoms with E-state index in [9.17, 15) is 22.4 Å². The Morgan fingerprint density at radius 3 is 2.59 bits per heavy atom. The number of piperazine rings is 1. The fourth-order valence-electron chi connectivity index (χ4n) is 5.26. The van der Waals surface area contributed by atoms with Gasteiger partial charge in [0.1, 0.15) is 29.8 Å². The Bertz CT molecular complexity index is 1470. The molecule has 1 amide bonds. The fraction of sp³-hybridized carbons (Fsp3) is 0.357. The molecule has 1 saturated heterocycles. The zero-order chi connectivity index (χ0) is 29.1. The number of anilines is 2. The van der Waals surface area contributed by atoms with Crippen LogP contribution in [0.2, 0.25) is 5.28 Å². The van der Waals surface area contributed by atoms with Crippen LogP contribution >= 0.6 is 11.6 Å².